The zero-order valence-corrected chi connectivity index (χ0v) is 11.6. The Morgan fingerprint density at radius 3 is 2.57 bits per heavy atom. The molecule has 0 spiro atoms. The van der Waals surface area contributed by atoms with Crippen LogP contribution in [0.25, 0.3) is 0 Å². The predicted octanol–water partition coefficient (Wildman–Crippen LogP) is -2.45. The van der Waals surface area contributed by atoms with Crippen LogP contribution in [0, 0.1) is 0 Å². The molecular weight excluding hydrogens is 286 g/mol. The van der Waals surface area contributed by atoms with Crippen LogP contribution < -0.4 is 5.32 Å². The van der Waals surface area contributed by atoms with Crippen molar-refractivity contribution in [3.63, 3.8) is 0 Å². The van der Waals surface area contributed by atoms with Gasteiger partial charge >= 0.3 is 5.97 Å². The Bertz CT molecular complexity index is 389. The summed E-state index contributed by atoms with van der Waals surface area (Å²) in [5.74, 6) is -4.68. The van der Waals surface area contributed by atoms with Gasteiger partial charge in [-0.1, -0.05) is 6.92 Å². The number of carbonyl (C=O) groups excluding carboxylic acids is 1. The molecule has 0 aromatic heterocycles. The first kappa shape index (κ1) is 17.8. The molecule has 0 bridgehead atoms. The van der Waals surface area contributed by atoms with Crippen LogP contribution in [0.5, 0.6) is 0 Å². The van der Waals surface area contributed by atoms with E-state index >= 15 is 0 Å². The smallest absolute Gasteiger partial charge is 0.364 e. The molecule has 9 heteroatoms. The lowest BCUT2D eigenvalue weighted by atomic mass is 9.90. The number of hydrogen-bond donors (Lipinski definition) is 6. The number of aliphatic hydroxyl groups excluding tert-OH is 3. The predicted molar refractivity (Wildman–Crippen MR) is 68.0 cm³/mol. The second-order valence-electron chi connectivity index (χ2n) is 5.04. The molecule has 1 aliphatic heterocycles. The van der Waals surface area contributed by atoms with E-state index in [1.165, 1.54) is 0 Å². The number of hydrogen-bond acceptors (Lipinski definition) is 7. The molecular formula is C12H21NO8. The molecule has 0 aliphatic carbocycles. The molecule has 0 aromatic rings. The lowest BCUT2D eigenvalue weighted by Crippen LogP contribution is -2.63. The van der Waals surface area contributed by atoms with Gasteiger partial charge in [-0.15, -0.1) is 0 Å². The van der Waals surface area contributed by atoms with Crippen molar-refractivity contribution < 1.29 is 39.9 Å². The maximum Gasteiger partial charge on any atom is 0.364 e. The van der Waals surface area contributed by atoms with E-state index in [0.717, 1.165) is 0 Å². The van der Waals surface area contributed by atoms with Gasteiger partial charge < -0.3 is 35.6 Å². The van der Waals surface area contributed by atoms with Gasteiger partial charge in [0.2, 0.25) is 5.91 Å². The molecule has 1 rings (SSSR count). The van der Waals surface area contributed by atoms with E-state index in [1.54, 1.807) is 6.92 Å². The van der Waals surface area contributed by atoms with E-state index < -0.39 is 55.0 Å². The number of ether oxygens (including phenoxy) is 1. The average Bonchev–Trinajstić information content (AvgIpc) is 2.41. The maximum absolute atomic E-state index is 11.5. The van der Waals surface area contributed by atoms with Gasteiger partial charge in [0, 0.05) is 19.3 Å². The first-order valence-corrected chi connectivity index (χ1v) is 6.63. The van der Waals surface area contributed by atoms with Crippen LogP contribution >= 0.6 is 0 Å². The lowest BCUT2D eigenvalue weighted by Gasteiger charge is -2.43. The molecule has 2 unspecified atom stereocenters. The topological polar surface area (TPSA) is 157 Å². The molecule has 0 radical (unpaired) electrons. The quantitative estimate of drug-likeness (QED) is 0.316. The van der Waals surface area contributed by atoms with Crippen molar-refractivity contribution in [3.05, 3.63) is 0 Å². The molecule has 21 heavy (non-hydrogen) atoms. The van der Waals surface area contributed by atoms with Crippen molar-refractivity contribution in [1.82, 2.24) is 5.32 Å². The Labute approximate surface area is 121 Å². The highest BCUT2D eigenvalue weighted by molar-refractivity contribution is 5.77. The number of aliphatic carboxylic acids is 1. The van der Waals surface area contributed by atoms with Crippen molar-refractivity contribution in [2.75, 3.05) is 6.61 Å². The number of amides is 1. The van der Waals surface area contributed by atoms with E-state index in [0.29, 0.717) is 0 Å². The van der Waals surface area contributed by atoms with Gasteiger partial charge in [0.05, 0.1) is 31.0 Å². The highest BCUT2D eigenvalue weighted by Gasteiger charge is 2.51. The van der Waals surface area contributed by atoms with Crippen molar-refractivity contribution in [1.29, 1.82) is 0 Å². The standard InChI is InChI=1S/C12H21NO8/c1-2-9(17)13-10-7(16)4-12(20,11(18)19)21-8(10)3-6(15)5-14/h6-8,10,14-16,20H,2-5H2,1H3,(H,13,17)(H,18,19)/t6-,7+,8?,10+,12?/m0/s1. The summed E-state index contributed by atoms with van der Waals surface area (Å²) in [6.45, 7) is 0.993. The van der Waals surface area contributed by atoms with E-state index in [4.69, 9.17) is 14.9 Å². The third kappa shape index (κ3) is 4.35. The molecule has 0 aromatic carbocycles. The minimum Gasteiger partial charge on any atom is -0.477 e. The van der Waals surface area contributed by atoms with Crippen molar-refractivity contribution in [3.8, 4) is 0 Å². The summed E-state index contributed by atoms with van der Waals surface area (Å²) in [7, 11) is 0. The van der Waals surface area contributed by atoms with Gasteiger partial charge in [0.25, 0.3) is 5.79 Å². The minimum absolute atomic E-state index is 0.141. The van der Waals surface area contributed by atoms with E-state index in [1.807, 2.05) is 0 Å². The van der Waals surface area contributed by atoms with E-state index in [-0.39, 0.29) is 12.8 Å². The molecule has 0 saturated carbocycles. The van der Waals surface area contributed by atoms with Crippen LogP contribution in [0.4, 0.5) is 0 Å². The van der Waals surface area contributed by atoms with Gasteiger partial charge in [0.1, 0.15) is 0 Å². The largest absolute Gasteiger partial charge is 0.477 e. The summed E-state index contributed by atoms with van der Waals surface area (Å²) in [5, 5.41) is 49.6. The maximum atomic E-state index is 11.5. The van der Waals surface area contributed by atoms with Gasteiger partial charge in [-0.25, -0.2) is 4.79 Å². The van der Waals surface area contributed by atoms with Gasteiger partial charge in [-0.05, 0) is 0 Å². The Hall–Kier alpha value is -1.26. The molecule has 1 amide bonds. The summed E-state index contributed by atoms with van der Waals surface area (Å²) in [6.07, 6.45) is -4.50. The van der Waals surface area contributed by atoms with E-state index in [2.05, 4.69) is 5.32 Å². The highest BCUT2D eigenvalue weighted by Crippen LogP contribution is 2.30. The molecule has 1 aliphatic rings. The third-order valence-corrected chi connectivity index (χ3v) is 3.35. The normalized spacial score (nSPS) is 34.2. The van der Waals surface area contributed by atoms with Crippen LogP contribution in [-0.4, -0.2) is 74.2 Å². The average molecular weight is 307 g/mol. The molecule has 1 heterocycles. The lowest BCUT2D eigenvalue weighted by molar-refractivity contribution is -0.280. The van der Waals surface area contributed by atoms with E-state index in [9.17, 15) is 24.9 Å². The Kier molecular flexibility index (Phi) is 6.05. The first-order valence-electron chi connectivity index (χ1n) is 6.63. The summed E-state index contributed by atoms with van der Waals surface area (Å²) < 4.78 is 5.05. The van der Waals surface area contributed by atoms with Gasteiger partial charge in [-0.3, -0.25) is 4.79 Å². The number of nitrogens with one attached hydrogen (secondary N) is 1. The second kappa shape index (κ2) is 7.14. The Morgan fingerprint density at radius 1 is 1.48 bits per heavy atom. The van der Waals surface area contributed by atoms with Crippen LogP contribution in [0.15, 0.2) is 0 Å². The summed E-state index contributed by atoms with van der Waals surface area (Å²) >= 11 is 0. The van der Waals surface area contributed by atoms with Crippen molar-refractivity contribution >= 4 is 11.9 Å². The van der Waals surface area contributed by atoms with Gasteiger partial charge in [0.15, 0.2) is 0 Å². The fourth-order valence-corrected chi connectivity index (χ4v) is 2.18. The highest BCUT2D eigenvalue weighted by atomic mass is 16.7. The van der Waals surface area contributed by atoms with Crippen molar-refractivity contribution in [2.24, 2.45) is 0 Å². The summed E-state index contributed by atoms with van der Waals surface area (Å²) in [5.41, 5.74) is 0. The molecule has 1 fully saturated rings. The molecule has 122 valence electrons. The molecule has 6 N–H and O–H groups in total. The number of carboxylic acid groups (broad SMARTS) is 1. The van der Waals surface area contributed by atoms with Crippen LogP contribution in [0.2, 0.25) is 0 Å². The zero-order valence-electron chi connectivity index (χ0n) is 11.6. The SMILES string of the molecule is CCC(=O)N[C@H]1C(C[C@H](O)CO)OC(O)(C(=O)O)C[C@H]1O. The number of rotatable bonds is 6. The fourth-order valence-electron chi connectivity index (χ4n) is 2.18. The first-order chi connectivity index (χ1) is 9.73. The van der Waals surface area contributed by atoms with Crippen molar-refractivity contribution in [2.45, 2.75) is 56.3 Å². The second-order valence-corrected chi connectivity index (χ2v) is 5.04. The fraction of sp³-hybridized carbons (Fsp3) is 0.833. The number of aliphatic hydroxyl groups is 4. The molecule has 9 nitrogen and oxygen atoms in total. The van der Waals surface area contributed by atoms with Gasteiger partial charge in [-0.2, -0.15) is 0 Å². The Balaban J connectivity index is 2.94. The summed E-state index contributed by atoms with van der Waals surface area (Å²) in [4.78, 5) is 22.5. The Morgan fingerprint density at radius 2 is 2.10 bits per heavy atom. The number of carboxylic acids is 1. The number of carbonyl (C=O) groups is 2. The van der Waals surface area contributed by atoms with Crippen LogP contribution in [-0.2, 0) is 14.3 Å². The minimum atomic E-state index is -2.60. The monoisotopic (exact) mass is 307 g/mol. The summed E-state index contributed by atoms with van der Waals surface area (Å²) in [6, 6.07) is -0.988. The molecule has 1 saturated heterocycles. The third-order valence-electron chi connectivity index (χ3n) is 3.35. The molecule has 5 atom stereocenters. The zero-order chi connectivity index (χ0) is 16.2. The van der Waals surface area contributed by atoms with Crippen LogP contribution in [0.3, 0.4) is 0 Å². The van der Waals surface area contributed by atoms with Crippen LogP contribution in [0.1, 0.15) is 26.2 Å².